The minimum absolute atomic E-state index is 0.229. The first-order chi connectivity index (χ1) is 8.41. The zero-order valence-electron chi connectivity index (χ0n) is 10.4. The number of urea groups is 1. The Morgan fingerprint density at radius 3 is 2.83 bits per heavy atom. The molecule has 1 fully saturated rings. The minimum atomic E-state index is -0.988. The number of rotatable bonds is 4. The molecule has 0 aromatic heterocycles. The van der Waals surface area contributed by atoms with Crippen LogP contribution in [0.4, 0.5) is 4.79 Å². The standard InChI is InChI=1S/C10H18N2O4S2/c1-7(6-18(2)16)11-10(15)12-3-4-17-5-8(12)9(13)14/h7-8H,3-6H2,1-2H3,(H,11,15)(H,13,14). The van der Waals surface area contributed by atoms with Gasteiger partial charge in [0.1, 0.15) is 6.04 Å². The molecule has 104 valence electrons. The number of nitrogens with zero attached hydrogens (tertiary/aromatic N) is 1. The highest BCUT2D eigenvalue weighted by Crippen LogP contribution is 2.16. The van der Waals surface area contributed by atoms with Gasteiger partial charge in [-0.25, -0.2) is 9.59 Å². The predicted molar refractivity (Wildman–Crippen MR) is 72.4 cm³/mol. The third-order valence-corrected chi connectivity index (χ3v) is 4.52. The normalized spacial score (nSPS) is 23.2. The average Bonchev–Trinajstić information content (AvgIpc) is 2.27. The van der Waals surface area contributed by atoms with Crippen molar-refractivity contribution < 1.29 is 18.9 Å². The zero-order valence-corrected chi connectivity index (χ0v) is 12.1. The van der Waals surface area contributed by atoms with Crippen molar-refractivity contribution in [2.75, 3.05) is 30.1 Å². The van der Waals surface area contributed by atoms with E-state index in [1.54, 1.807) is 13.2 Å². The molecule has 1 saturated heterocycles. The van der Waals surface area contributed by atoms with E-state index in [0.717, 1.165) is 5.75 Å². The maximum atomic E-state index is 11.9. The van der Waals surface area contributed by atoms with Gasteiger partial charge in [-0.1, -0.05) is 0 Å². The van der Waals surface area contributed by atoms with Gasteiger partial charge >= 0.3 is 12.0 Å². The maximum absolute atomic E-state index is 11.9. The Morgan fingerprint density at radius 1 is 1.61 bits per heavy atom. The van der Waals surface area contributed by atoms with Crippen LogP contribution in [0.2, 0.25) is 0 Å². The number of carbonyl (C=O) groups excluding carboxylic acids is 1. The number of hydrogen-bond acceptors (Lipinski definition) is 4. The third kappa shape index (κ3) is 4.49. The minimum Gasteiger partial charge on any atom is -0.480 e. The van der Waals surface area contributed by atoms with Crippen molar-refractivity contribution in [2.45, 2.75) is 19.0 Å². The summed E-state index contributed by atoms with van der Waals surface area (Å²) in [5.41, 5.74) is 0. The Balaban J connectivity index is 2.58. The van der Waals surface area contributed by atoms with Crippen LogP contribution >= 0.6 is 11.8 Å². The van der Waals surface area contributed by atoms with Crippen LogP contribution in [0.15, 0.2) is 0 Å². The van der Waals surface area contributed by atoms with Crippen LogP contribution < -0.4 is 5.32 Å². The second-order valence-corrected chi connectivity index (χ2v) is 6.84. The number of hydrogen-bond donors (Lipinski definition) is 2. The van der Waals surface area contributed by atoms with E-state index in [1.165, 1.54) is 16.7 Å². The fourth-order valence-corrected chi connectivity index (χ4v) is 3.56. The molecule has 0 saturated carbocycles. The zero-order chi connectivity index (χ0) is 13.7. The summed E-state index contributed by atoms with van der Waals surface area (Å²) < 4.78 is 11.0. The quantitative estimate of drug-likeness (QED) is 0.760. The molecule has 1 aliphatic heterocycles. The van der Waals surface area contributed by atoms with Gasteiger partial charge in [0.05, 0.1) is 0 Å². The maximum Gasteiger partial charge on any atom is 0.327 e. The van der Waals surface area contributed by atoms with Crippen LogP contribution in [0.1, 0.15) is 6.92 Å². The van der Waals surface area contributed by atoms with Crippen molar-refractivity contribution in [3.63, 3.8) is 0 Å². The summed E-state index contributed by atoms with van der Waals surface area (Å²) in [5.74, 6) is 0.540. The van der Waals surface area contributed by atoms with Gasteiger partial charge in [-0.3, -0.25) is 4.21 Å². The molecule has 1 aliphatic rings. The molecule has 3 atom stereocenters. The molecule has 0 bridgehead atoms. The lowest BCUT2D eigenvalue weighted by molar-refractivity contribution is -0.141. The van der Waals surface area contributed by atoms with Crippen LogP contribution in [0.5, 0.6) is 0 Å². The van der Waals surface area contributed by atoms with Gasteiger partial charge in [0.15, 0.2) is 0 Å². The van der Waals surface area contributed by atoms with Crippen molar-refractivity contribution in [3.05, 3.63) is 0 Å². The monoisotopic (exact) mass is 294 g/mol. The van der Waals surface area contributed by atoms with E-state index in [9.17, 15) is 13.8 Å². The van der Waals surface area contributed by atoms with E-state index in [2.05, 4.69) is 5.32 Å². The fraction of sp³-hybridized carbons (Fsp3) is 0.800. The van der Waals surface area contributed by atoms with Crippen LogP contribution in [-0.4, -0.2) is 68.4 Å². The lowest BCUT2D eigenvalue weighted by Crippen LogP contribution is -2.55. The summed E-state index contributed by atoms with van der Waals surface area (Å²) >= 11 is 1.53. The van der Waals surface area contributed by atoms with Gasteiger partial charge in [0.25, 0.3) is 0 Å². The number of aliphatic carboxylic acids is 1. The summed E-state index contributed by atoms with van der Waals surface area (Å²) in [6.45, 7) is 2.18. The van der Waals surface area contributed by atoms with E-state index in [4.69, 9.17) is 5.11 Å². The fourth-order valence-electron chi connectivity index (χ4n) is 1.74. The molecule has 2 N–H and O–H groups in total. The molecule has 0 spiro atoms. The second-order valence-electron chi connectivity index (χ2n) is 4.21. The number of thioether (sulfide) groups is 1. The van der Waals surface area contributed by atoms with Gasteiger partial charge in [0, 0.05) is 46.9 Å². The first kappa shape index (κ1) is 15.3. The van der Waals surface area contributed by atoms with Crippen LogP contribution in [0, 0.1) is 0 Å². The predicted octanol–water partition coefficient (Wildman–Crippen LogP) is -0.0350. The SMILES string of the molecule is CC(CS(C)=O)NC(=O)N1CCSCC1C(=O)O. The molecular weight excluding hydrogens is 276 g/mol. The molecule has 0 aromatic rings. The highest BCUT2D eigenvalue weighted by molar-refractivity contribution is 7.99. The Morgan fingerprint density at radius 2 is 2.28 bits per heavy atom. The lowest BCUT2D eigenvalue weighted by atomic mass is 10.3. The van der Waals surface area contributed by atoms with E-state index in [0.29, 0.717) is 18.1 Å². The number of carbonyl (C=O) groups is 2. The van der Waals surface area contributed by atoms with E-state index in [1.807, 2.05) is 0 Å². The number of nitrogens with one attached hydrogen (secondary N) is 1. The van der Waals surface area contributed by atoms with Gasteiger partial charge in [-0.2, -0.15) is 11.8 Å². The van der Waals surface area contributed by atoms with Gasteiger partial charge < -0.3 is 15.3 Å². The summed E-state index contributed by atoms with van der Waals surface area (Å²) in [7, 11) is -0.988. The molecule has 18 heavy (non-hydrogen) atoms. The molecule has 6 nitrogen and oxygen atoms in total. The molecule has 8 heteroatoms. The molecule has 2 amide bonds. The smallest absolute Gasteiger partial charge is 0.327 e. The summed E-state index contributed by atoms with van der Waals surface area (Å²) in [6.07, 6.45) is 1.57. The van der Waals surface area contributed by atoms with Crippen LogP contribution in [-0.2, 0) is 15.6 Å². The molecule has 3 unspecified atom stereocenters. The Kier molecular flexibility index (Phi) is 5.94. The van der Waals surface area contributed by atoms with Crippen molar-refractivity contribution in [3.8, 4) is 0 Å². The molecule has 1 rings (SSSR count). The summed E-state index contributed by atoms with van der Waals surface area (Å²) in [6, 6.07) is -1.39. The van der Waals surface area contributed by atoms with E-state index in [-0.39, 0.29) is 12.1 Å². The number of carboxylic acids is 1. The van der Waals surface area contributed by atoms with Crippen molar-refractivity contribution in [1.82, 2.24) is 10.2 Å². The van der Waals surface area contributed by atoms with Crippen LogP contribution in [0.3, 0.4) is 0 Å². The molecule has 0 aromatic carbocycles. The first-order valence-corrected chi connectivity index (χ1v) is 8.47. The second kappa shape index (κ2) is 6.98. The Bertz CT molecular complexity index is 351. The number of amides is 2. The molecular formula is C10H18N2O4S2. The van der Waals surface area contributed by atoms with Gasteiger partial charge in [0.2, 0.25) is 0 Å². The van der Waals surface area contributed by atoms with E-state index >= 15 is 0 Å². The summed E-state index contributed by atoms with van der Waals surface area (Å²) in [4.78, 5) is 24.3. The molecule has 0 aliphatic carbocycles. The van der Waals surface area contributed by atoms with Crippen LogP contribution in [0.25, 0.3) is 0 Å². The van der Waals surface area contributed by atoms with Crippen molar-refractivity contribution in [1.29, 1.82) is 0 Å². The topological polar surface area (TPSA) is 86.7 Å². The Labute approximate surface area is 113 Å². The van der Waals surface area contributed by atoms with Gasteiger partial charge in [-0.15, -0.1) is 0 Å². The summed E-state index contributed by atoms with van der Waals surface area (Å²) in [5, 5.41) is 11.7. The van der Waals surface area contributed by atoms with E-state index < -0.39 is 22.8 Å². The lowest BCUT2D eigenvalue weighted by Gasteiger charge is -2.33. The molecule has 1 heterocycles. The highest BCUT2D eigenvalue weighted by atomic mass is 32.2. The largest absolute Gasteiger partial charge is 0.480 e. The first-order valence-electron chi connectivity index (χ1n) is 5.59. The highest BCUT2D eigenvalue weighted by Gasteiger charge is 2.32. The Hall–Kier alpha value is -0.760. The number of carboxylic acid groups (broad SMARTS) is 1. The van der Waals surface area contributed by atoms with Crippen molar-refractivity contribution >= 4 is 34.6 Å². The average molecular weight is 294 g/mol. The van der Waals surface area contributed by atoms with Gasteiger partial charge in [-0.05, 0) is 6.92 Å². The third-order valence-electron chi connectivity index (χ3n) is 2.53. The molecule has 0 radical (unpaired) electrons. The van der Waals surface area contributed by atoms with Crippen molar-refractivity contribution in [2.24, 2.45) is 0 Å².